The van der Waals surface area contributed by atoms with Gasteiger partial charge < -0.3 is 15.0 Å². The minimum atomic E-state index is 0.722. The minimum Gasteiger partial charge on any atom is -0.379 e. The Hall–Kier alpha value is -1.85. The van der Waals surface area contributed by atoms with Crippen molar-refractivity contribution in [3.63, 3.8) is 0 Å². The van der Waals surface area contributed by atoms with E-state index in [0.717, 1.165) is 57.3 Å². The van der Waals surface area contributed by atoms with Crippen LogP contribution >= 0.6 is 0 Å². The molecule has 1 aliphatic rings. The normalized spacial score (nSPS) is 16.0. The number of nitrogens with zero attached hydrogens (tertiary/aromatic N) is 2. The molecule has 5 heteroatoms. The Balaban J connectivity index is 1.44. The van der Waals surface area contributed by atoms with Crippen LogP contribution in [0.1, 0.15) is 11.4 Å². The maximum absolute atomic E-state index is 5.37. The average molecular weight is 286 g/mol. The van der Waals surface area contributed by atoms with Crippen LogP contribution in [0, 0.1) is 0 Å². The molecule has 2 N–H and O–H groups in total. The molecule has 21 heavy (non-hydrogen) atoms. The van der Waals surface area contributed by atoms with Crippen molar-refractivity contribution in [3.05, 3.63) is 48.0 Å². The summed E-state index contributed by atoms with van der Waals surface area (Å²) in [6, 6.07) is 8.67. The van der Waals surface area contributed by atoms with Gasteiger partial charge >= 0.3 is 0 Å². The number of benzene rings is 1. The second-order valence-corrected chi connectivity index (χ2v) is 5.29. The number of aromatic nitrogens is 2. The first-order valence-electron chi connectivity index (χ1n) is 7.51. The summed E-state index contributed by atoms with van der Waals surface area (Å²) >= 11 is 0. The summed E-state index contributed by atoms with van der Waals surface area (Å²) in [6.07, 6.45) is 4.70. The quantitative estimate of drug-likeness (QED) is 0.851. The zero-order chi connectivity index (χ0) is 14.3. The number of morpholine rings is 1. The summed E-state index contributed by atoms with van der Waals surface area (Å²) < 4.78 is 5.37. The lowest BCUT2D eigenvalue weighted by molar-refractivity contribution is 0.0384. The van der Waals surface area contributed by atoms with Crippen molar-refractivity contribution < 1.29 is 4.74 Å². The van der Waals surface area contributed by atoms with Gasteiger partial charge in [0.2, 0.25) is 0 Å². The number of imidazole rings is 1. The third-order valence-corrected chi connectivity index (χ3v) is 3.79. The van der Waals surface area contributed by atoms with E-state index < -0.39 is 0 Å². The number of ether oxygens (including phenoxy) is 1. The van der Waals surface area contributed by atoms with Gasteiger partial charge in [0.05, 0.1) is 19.8 Å². The van der Waals surface area contributed by atoms with Crippen LogP contribution in [-0.4, -0.2) is 47.7 Å². The Kier molecular flexibility index (Phi) is 4.86. The maximum atomic E-state index is 5.37. The summed E-state index contributed by atoms with van der Waals surface area (Å²) in [4.78, 5) is 9.75. The van der Waals surface area contributed by atoms with E-state index in [9.17, 15) is 0 Å². The lowest BCUT2D eigenvalue weighted by atomic mass is 10.1. The number of H-pyrrole nitrogens is 1. The predicted octanol–water partition coefficient (Wildman–Crippen LogP) is 1.90. The molecular weight excluding hydrogens is 264 g/mol. The van der Waals surface area contributed by atoms with E-state index in [4.69, 9.17) is 4.74 Å². The van der Waals surface area contributed by atoms with Crippen LogP contribution in [-0.2, 0) is 17.7 Å². The van der Waals surface area contributed by atoms with Crippen molar-refractivity contribution in [1.29, 1.82) is 0 Å². The van der Waals surface area contributed by atoms with Gasteiger partial charge in [-0.3, -0.25) is 4.90 Å². The molecule has 5 nitrogen and oxygen atoms in total. The van der Waals surface area contributed by atoms with E-state index in [-0.39, 0.29) is 0 Å². The molecule has 0 aliphatic carbocycles. The lowest BCUT2D eigenvalue weighted by Crippen LogP contribution is -2.37. The molecule has 2 aromatic rings. The van der Waals surface area contributed by atoms with E-state index in [1.54, 1.807) is 6.20 Å². The third kappa shape index (κ3) is 4.31. The smallest absolute Gasteiger partial charge is 0.125 e. The number of aromatic amines is 1. The lowest BCUT2D eigenvalue weighted by Gasteiger charge is -2.26. The molecule has 0 radical (unpaired) electrons. The van der Waals surface area contributed by atoms with Gasteiger partial charge in [-0.1, -0.05) is 12.1 Å². The highest BCUT2D eigenvalue weighted by atomic mass is 16.5. The van der Waals surface area contributed by atoms with E-state index in [2.05, 4.69) is 44.5 Å². The Morgan fingerprint density at radius 3 is 2.71 bits per heavy atom. The fourth-order valence-electron chi connectivity index (χ4n) is 2.48. The molecule has 2 heterocycles. The molecular formula is C16H22N4O. The molecule has 1 aromatic heterocycles. The third-order valence-electron chi connectivity index (χ3n) is 3.79. The van der Waals surface area contributed by atoms with Crippen LogP contribution < -0.4 is 5.32 Å². The molecule has 0 saturated carbocycles. The van der Waals surface area contributed by atoms with Crippen molar-refractivity contribution in [2.24, 2.45) is 0 Å². The number of hydrogen-bond donors (Lipinski definition) is 2. The second-order valence-electron chi connectivity index (χ2n) is 5.29. The fraction of sp³-hybridized carbons (Fsp3) is 0.438. The molecule has 0 unspecified atom stereocenters. The Labute approximate surface area is 125 Å². The van der Waals surface area contributed by atoms with Gasteiger partial charge in [-0.25, -0.2) is 4.98 Å². The van der Waals surface area contributed by atoms with Crippen LogP contribution in [0.4, 0.5) is 5.69 Å². The largest absolute Gasteiger partial charge is 0.379 e. The number of rotatable bonds is 6. The summed E-state index contributed by atoms with van der Waals surface area (Å²) in [5.41, 5.74) is 2.51. The molecule has 112 valence electrons. The van der Waals surface area contributed by atoms with Crippen LogP contribution in [0.2, 0.25) is 0 Å². The predicted molar refractivity (Wildman–Crippen MR) is 83.3 cm³/mol. The minimum absolute atomic E-state index is 0.722. The van der Waals surface area contributed by atoms with E-state index in [0.29, 0.717) is 0 Å². The van der Waals surface area contributed by atoms with Crippen molar-refractivity contribution >= 4 is 5.69 Å². The summed E-state index contributed by atoms with van der Waals surface area (Å²) in [5, 5.41) is 3.36. The van der Waals surface area contributed by atoms with Gasteiger partial charge in [0.1, 0.15) is 5.82 Å². The Morgan fingerprint density at radius 1 is 1.19 bits per heavy atom. The summed E-state index contributed by atoms with van der Waals surface area (Å²) in [6.45, 7) is 5.69. The first-order valence-corrected chi connectivity index (χ1v) is 7.51. The highest BCUT2D eigenvalue weighted by molar-refractivity contribution is 5.44. The van der Waals surface area contributed by atoms with Crippen LogP contribution in [0.5, 0.6) is 0 Å². The first-order chi connectivity index (χ1) is 10.4. The van der Waals surface area contributed by atoms with Crippen molar-refractivity contribution in [1.82, 2.24) is 14.9 Å². The monoisotopic (exact) mass is 286 g/mol. The van der Waals surface area contributed by atoms with Gasteiger partial charge in [0.15, 0.2) is 0 Å². The van der Waals surface area contributed by atoms with E-state index >= 15 is 0 Å². The van der Waals surface area contributed by atoms with Gasteiger partial charge in [-0.2, -0.15) is 0 Å². The average Bonchev–Trinajstić information content (AvgIpc) is 3.06. The van der Waals surface area contributed by atoms with Crippen molar-refractivity contribution in [2.45, 2.75) is 13.0 Å². The molecule has 1 aliphatic heterocycles. The van der Waals surface area contributed by atoms with Crippen LogP contribution in [0.15, 0.2) is 36.7 Å². The van der Waals surface area contributed by atoms with E-state index in [1.165, 1.54) is 5.56 Å². The van der Waals surface area contributed by atoms with Gasteiger partial charge in [-0.05, 0) is 24.1 Å². The fourth-order valence-corrected chi connectivity index (χ4v) is 2.48. The molecule has 0 spiro atoms. The highest BCUT2D eigenvalue weighted by Crippen LogP contribution is 2.11. The number of anilines is 1. The molecule has 3 rings (SSSR count). The van der Waals surface area contributed by atoms with Gasteiger partial charge in [0.25, 0.3) is 0 Å². The Morgan fingerprint density at radius 2 is 2.00 bits per heavy atom. The van der Waals surface area contributed by atoms with E-state index in [1.807, 2.05) is 6.20 Å². The van der Waals surface area contributed by atoms with Crippen molar-refractivity contribution in [2.75, 3.05) is 38.2 Å². The second kappa shape index (κ2) is 7.24. The summed E-state index contributed by atoms with van der Waals surface area (Å²) in [5.74, 6) is 0.950. The van der Waals surface area contributed by atoms with Crippen molar-refractivity contribution in [3.8, 4) is 0 Å². The highest BCUT2D eigenvalue weighted by Gasteiger charge is 2.09. The molecule has 0 amide bonds. The van der Waals surface area contributed by atoms with Gasteiger partial charge in [-0.15, -0.1) is 0 Å². The summed E-state index contributed by atoms with van der Waals surface area (Å²) in [7, 11) is 0. The molecule has 0 atom stereocenters. The standard InChI is InChI=1S/C16H22N4O/c1-3-15(19-13-16-17-6-7-18-16)4-2-14(1)5-8-20-9-11-21-12-10-20/h1-4,6-7,19H,5,8-13H2,(H,17,18). The first kappa shape index (κ1) is 14.1. The molecule has 0 bridgehead atoms. The number of nitrogens with one attached hydrogen (secondary N) is 2. The van der Waals surface area contributed by atoms with Crippen LogP contribution in [0.25, 0.3) is 0 Å². The molecule has 1 saturated heterocycles. The Bertz CT molecular complexity index is 518. The molecule has 1 aromatic carbocycles. The van der Waals surface area contributed by atoms with Crippen LogP contribution in [0.3, 0.4) is 0 Å². The topological polar surface area (TPSA) is 53.2 Å². The zero-order valence-electron chi connectivity index (χ0n) is 12.2. The van der Waals surface area contributed by atoms with Gasteiger partial charge in [0, 0.05) is 37.7 Å². The number of hydrogen-bond acceptors (Lipinski definition) is 4. The zero-order valence-corrected chi connectivity index (χ0v) is 12.2. The maximum Gasteiger partial charge on any atom is 0.125 e. The molecule has 1 fully saturated rings. The SMILES string of the molecule is c1c[nH]c(CNc2ccc(CCN3CCOCC3)cc2)n1.